The van der Waals surface area contributed by atoms with Crippen molar-refractivity contribution in [3.05, 3.63) is 29.0 Å². The van der Waals surface area contributed by atoms with E-state index in [4.69, 9.17) is 29.6 Å². The van der Waals surface area contributed by atoms with E-state index < -0.39 is 5.54 Å². The van der Waals surface area contributed by atoms with Crippen LogP contribution in [0.5, 0.6) is 0 Å². The normalized spacial score (nSPS) is 17.7. The van der Waals surface area contributed by atoms with Gasteiger partial charge in [0.2, 0.25) is 0 Å². The van der Waals surface area contributed by atoms with Gasteiger partial charge in [-0.3, -0.25) is 4.79 Å². The number of thiocarbonyl (C=S) groups is 1. The second-order valence-corrected chi connectivity index (χ2v) is 5.70. The lowest BCUT2D eigenvalue weighted by molar-refractivity contribution is 0.0903. The van der Waals surface area contributed by atoms with Crippen LogP contribution in [0.3, 0.4) is 0 Å². The number of carbonyl (C=O) groups is 1. The van der Waals surface area contributed by atoms with Crippen LogP contribution < -0.4 is 11.1 Å². The first-order valence-electron chi connectivity index (χ1n) is 6.27. The number of amides is 1. The Hall–Kier alpha value is -1.20. The van der Waals surface area contributed by atoms with E-state index in [-0.39, 0.29) is 5.91 Å². The summed E-state index contributed by atoms with van der Waals surface area (Å²) in [6.07, 6.45) is 6.23. The van der Waals surface area contributed by atoms with Gasteiger partial charge in [0, 0.05) is 6.20 Å². The summed E-state index contributed by atoms with van der Waals surface area (Å²) in [6.45, 7) is 0. The van der Waals surface area contributed by atoms with Gasteiger partial charge in [-0.1, -0.05) is 43.1 Å². The molecule has 102 valence electrons. The molecule has 0 saturated heterocycles. The number of rotatable bonds is 3. The van der Waals surface area contributed by atoms with E-state index >= 15 is 0 Å². The van der Waals surface area contributed by atoms with E-state index in [2.05, 4.69) is 10.3 Å². The minimum atomic E-state index is -0.564. The predicted octanol–water partition coefficient (Wildman–Crippen LogP) is 2.45. The summed E-state index contributed by atoms with van der Waals surface area (Å²) in [6, 6.07) is 3.23. The zero-order chi connectivity index (χ0) is 13.9. The number of hydrogen-bond acceptors (Lipinski definition) is 3. The van der Waals surface area contributed by atoms with Crippen molar-refractivity contribution in [2.45, 2.75) is 37.6 Å². The Labute approximate surface area is 122 Å². The number of hydrogen-bond donors (Lipinski definition) is 2. The van der Waals surface area contributed by atoms with Gasteiger partial charge in [-0.15, -0.1) is 0 Å². The Morgan fingerprint density at radius 1 is 1.37 bits per heavy atom. The maximum absolute atomic E-state index is 12.2. The molecule has 2 rings (SSSR count). The average molecular weight is 298 g/mol. The van der Waals surface area contributed by atoms with Gasteiger partial charge in [-0.2, -0.15) is 0 Å². The minimum Gasteiger partial charge on any atom is -0.391 e. The Kier molecular flexibility index (Phi) is 4.37. The molecule has 1 aliphatic rings. The number of nitrogens with one attached hydrogen (secondary N) is 1. The summed E-state index contributed by atoms with van der Waals surface area (Å²) in [5.41, 5.74) is 5.59. The van der Waals surface area contributed by atoms with Gasteiger partial charge in [-0.05, 0) is 25.0 Å². The lowest BCUT2D eigenvalue weighted by atomic mass is 9.81. The van der Waals surface area contributed by atoms with Gasteiger partial charge in [0.25, 0.3) is 5.91 Å². The molecular weight excluding hydrogens is 282 g/mol. The summed E-state index contributed by atoms with van der Waals surface area (Å²) >= 11 is 10.9. The van der Waals surface area contributed by atoms with Crippen molar-refractivity contribution >= 4 is 34.7 Å². The van der Waals surface area contributed by atoms with Crippen molar-refractivity contribution in [2.24, 2.45) is 5.73 Å². The van der Waals surface area contributed by atoms with Gasteiger partial charge < -0.3 is 11.1 Å². The predicted molar refractivity (Wildman–Crippen MR) is 79.3 cm³/mol. The first-order valence-corrected chi connectivity index (χ1v) is 7.06. The lowest BCUT2D eigenvalue weighted by Crippen LogP contribution is -2.57. The molecule has 4 nitrogen and oxygen atoms in total. The molecule has 1 saturated carbocycles. The molecule has 0 aromatic carbocycles. The van der Waals surface area contributed by atoms with Crippen LogP contribution in [0.15, 0.2) is 18.3 Å². The monoisotopic (exact) mass is 297 g/mol. The van der Waals surface area contributed by atoms with Crippen LogP contribution >= 0.6 is 23.8 Å². The van der Waals surface area contributed by atoms with Crippen LogP contribution in [0.25, 0.3) is 0 Å². The van der Waals surface area contributed by atoms with E-state index in [1.165, 1.54) is 6.20 Å². The van der Waals surface area contributed by atoms with Crippen LogP contribution in [0, 0.1) is 0 Å². The topological polar surface area (TPSA) is 68.0 Å². The van der Waals surface area contributed by atoms with E-state index in [9.17, 15) is 4.79 Å². The molecule has 1 aliphatic carbocycles. The highest BCUT2D eigenvalue weighted by atomic mass is 35.5. The van der Waals surface area contributed by atoms with E-state index in [1.807, 2.05) is 0 Å². The Balaban J connectivity index is 2.15. The Morgan fingerprint density at radius 3 is 2.58 bits per heavy atom. The van der Waals surface area contributed by atoms with Crippen molar-refractivity contribution in [1.29, 1.82) is 0 Å². The molecule has 19 heavy (non-hydrogen) atoms. The molecule has 1 fully saturated rings. The quantitative estimate of drug-likeness (QED) is 0.841. The molecule has 1 aromatic rings. The molecule has 6 heteroatoms. The maximum Gasteiger partial charge on any atom is 0.270 e. The molecular formula is C13H16ClN3OS. The molecule has 1 aromatic heterocycles. The first kappa shape index (κ1) is 14.2. The van der Waals surface area contributed by atoms with Gasteiger partial charge in [0.1, 0.15) is 5.69 Å². The number of aromatic nitrogens is 1. The van der Waals surface area contributed by atoms with Gasteiger partial charge in [0.05, 0.1) is 15.6 Å². The molecule has 1 amide bonds. The van der Waals surface area contributed by atoms with Crippen LogP contribution in [-0.2, 0) is 0 Å². The third-order valence-electron chi connectivity index (χ3n) is 3.49. The molecule has 1 heterocycles. The smallest absolute Gasteiger partial charge is 0.270 e. The highest BCUT2D eigenvalue weighted by Gasteiger charge is 2.36. The fraction of sp³-hybridized carbons (Fsp3) is 0.462. The van der Waals surface area contributed by atoms with E-state index in [1.54, 1.807) is 12.1 Å². The standard InChI is InChI=1S/C13H16ClN3OS/c14-9-4-5-10(16-8-9)11(18)17-13(12(15)19)6-2-1-3-7-13/h4-5,8H,1-3,6-7H2,(H2,15,19)(H,17,18). The Morgan fingerprint density at radius 2 is 2.05 bits per heavy atom. The van der Waals surface area contributed by atoms with Crippen molar-refractivity contribution in [3.63, 3.8) is 0 Å². The zero-order valence-electron chi connectivity index (χ0n) is 10.5. The van der Waals surface area contributed by atoms with Gasteiger partial charge in [0.15, 0.2) is 0 Å². The summed E-state index contributed by atoms with van der Waals surface area (Å²) < 4.78 is 0. The van der Waals surface area contributed by atoms with E-state index in [0.29, 0.717) is 15.7 Å². The number of halogens is 1. The summed E-state index contributed by atoms with van der Waals surface area (Å²) in [4.78, 5) is 16.6. The van der Waals surface area contributed by atoms with E-state index in [0.717, 1.165) is 32.1 Å². The molecule has 0 aliphatic heterocycles. The lowest BCUT2D eigenvalue weighted by Gasteiger charge is -2.37. The molecule has 0 radical (unpaired) electrons. The fourth-order valence-corrected chi connectivity index (χ4v) is 2.75. The van der Waals surface area contributed by atoms with Crippen LogP contribution in [-0.4, -0.2) is 21.4 Å². The van der Waals surface area contributed by atoms with Crippen molar-refractivity contribution < 1.29 is 4.79 Å². The van der Waals surface area contributed by atoms with Gasteiger partial charge in [-0.25, -0.2) is 4.98 Å². The maximum atomic E-state index is 12.2. The number of carbonyl (C=O) groups excluding carboxylic acids is 1. The van der Waals surface area contributed by atoms with Crippen molar-refractivity contribution in [1.82, 2.24) is 10.3 Å². The summed E-state index contributed by atoms with van der Waals surface area (Å²) in [5.74, 6) is -0.258. The van der Waals surface area contributed by atoms with Crippen LogP contribution in [0.2, 0.25) is 5.02 Å². The highest BCUT2D eigenvalue weighted by Crippen LogP contribution is 2.28. The second-order valence-electron chi connectivity index (χ2n) is 4.82. The third-order valence-corrected chi connectivity index (χ3v) is 4.11. The molecule has 0 unspecified atom stereocenters. The first-order chi connectivity index (χ1) is 9.03. The fourth-order valence-electron chi connectivity index (χ4n) is 2.38. The van der Waals surface area contributed by atoms with Gasteiger partial charge >= 0.3 is 0 Å². The van der Waals surface area contributed by atoms with Crippen LogP contribution in [0.1, 0.15) is 42.6 Å². The third kappa shape index (κ3) is 3.22. The average Bonchev–Trinajstić information content (AvgIpc) is 2.40. The van der Waals surface area contributed by atoms with Crippen molar-refractivity contribution in [2.75, 3.05) is 0 Å². The summed E-state index contributed by atoms with van der Waals surface area (Å²) in [5, 5.41) is 3.46. The van der Waals surface area contributed by atoms with Crippen molar-refractivity contribution in [3.8, 4) is 0 Å². The van der Waals surface area contributed by atoms with Crippen LogP contribution in [0.4, 0.5) is 0 Å². The zero-order valence-corrected chi connectivity index (χ0v) is 12.1. The Bertz CT molecular complexity index is 483. The second kappa shape index (κ2) is 5.84. The number of nitrogens with zero attached hydrogens (tertiary/aromatic N) is 1. The molecule has 0 bridgehead atoms. The number of nitrogens with two attached hydrogens (primary N) is 1. The largest absolute Gasteiger partial charge is 0.391 e. The number of pyridine rings is 1. The molecule has 0 atom stereocenters. The highest BCUT2D eigenvalue weighted by molar-refractivity contribution is 7.80. The minimum absolute atomic E-state index is 0.258. The molecule has 0 spiro atoms. The summed E-state index contributed by atoms with van der Waals surface area (Å²) in [7, 11) is 0. The SMILES string of the molecule is NC(=S)C1(NC(=O)c2ccc(Cl)cn2)CCCCC1. The molecule has 3 N–H and O–H groups in total.